The van der Waals surface area contributed by atoms with E-state index in [2.05, 4.69) is 5.32 Å². The smallest absolute Gasteiger partial charge is 0.329 e. The molecule has 0 fully saturated rings. The second-order valence-corrected chi connectivity index (χ2v) is 3.56. The Kier molecular flexibility index (Phi) is 7.28. The minimum atomic E-state index is -1.01. The van der Waals surface area contributed by atoms with E-state index in [0.29, 0.717) is 13.1 Å². The molecule has 0 aromatic rings. The number of carboxylic acids is 1. The van der Waals surface area contributed by atoms with Crippen LogP contribution in [0, 0.1) is 0 Å². The summed E-state index contributed by atoms with van der Waals surface area (Å²) in [5.74, 6) is -1.01. The average molecular weight is 232 g/mol. The lowest BCUT2D eigenvalue weighted by Crippen LogP contribution is -2.44. The van der Waals surface area contributed by atoms with Crippen molar-refractivity contribution in [1.82, 2.24) is 10.2 Å². The molecule has 0 atom stereocenters. The molecule has 94 valence electrons. The molecule has 2 amide bonds. The summed E-state index contributed by atoms with van der Waals surface area (Å²) in [6, 6.07) is -0.0126. The maximum Gasteiger partial charge on any atom is 0.329 e. The molecule has 0 saturated carbocycles. The van der Waals surface area contributed by atoms with Gasteiger partial charge >= 0.3 is 12.0 Å². The van der Waals surface area contributed by atoms with Crippen LogP contribution in [0.4, 0.5) is 4.79 Å². The zero-order chi connectivity index (χ0) is 12.6. The molecule has 6 heteroatoms. The highest BCUT2D eigenvalue weighted by Gasteiger charge is 2.13. The molecule has 0 heterocycles. The summed E-state index contributed by atoms with van der Waals surface area (Å²) >= 11 is 0. The Morgan fingerprint density at radius 3 is 2.50 bits per heavy atom. The Balaban J connectivity index is 3.68. The van der Waals surface area contributed by atoms with Crippen molar-refractivity contribution in [1.29, 1.82) is 0 Å². The standard InChI is InChI=1S/C10H20N2O4/c1-4-12(8(2)3)10(15)11-5-6-16-7-9(13)14/h8H,4-7H2,1-3H3,(H,11,15)(H,13,14). The van der Waals surface area contributed by atoms with Gasteiger partial charge in [-0.2, -0.15) is 0 Å². The Labute approximate surface area is 95.6 Å². The molecule has 2 N–H and O–H groups in total. The highest BCUT2D eigenvalue weighted by molar-refractivity contribution is 5.74. The Hall–Kier alpha value is -1.30. The van der Waals surface area contributed by atoms with E-state index in [1.807, 2.05) is 20.8 Å². The molecule has 0 aliphatic heterocycles. The Morgan fingerprint density at radius 1 is 1.44 bits per heavy atom. The van der Waals surface area contributed by atoms with Crippen LogP contribution < -0.4 is 5.32 Å². The predicted octanol–water partition coefficient (Wildman–Crippen LogP) is 0.527. The lowest BCUT2D eigenvalue weighted by molar-refractivity contribution is -0.142. The first kappa shape index (κ1) is 14.7. The minimum absolute atomic E-state index is 0.143. The van der Waals surface area contributed by atoms with Gasteiger partial charge in [-0.25, -0.2) is 9.59 Å². The number of carboxylic acid groups (broad SMARTS) is 1. The molecule has 0 aromatic carbocycles. The number of amides is 2. The first-order valence-electron chi connectivity index (χ1n) is 5.33. The molecule has 0 aromatic heterocycles. The fourth-order valence-electron chi connectivity index (χ4n) is 1.23. The zero-order valence-electron chi connectivity index (χ0n) is 10.0. The van der Waals surface area contributed by atoms with Crippen LogP contribution in [0.15, 0.2) is 0 Å². The average Bonchev–Trinajstić information content (AvgIpc) is 2.17. The molecule has 0 aliphatic carbocycles. The number of carbonyl (C=O) groups is 2. The molecule has 0 spiro atoms. The highest BCUT2D eigenvalue weighted by Crippen LogP contribution is 1.97. The van der Waals surface area contributed by atoms with Crippen LogP contribution in [0.1, 0.15) is 20.8 Å². The molecule has 0 bridgehead atoms. The van der Waals surface area contributed by atoms with Gasteiger partial charge in [0.2, 0.25) is 0 Å². The predicted molar refractivity (Wildman–Crippen MR) is 59.4 cm³/mol. The van der Waals surface area contributed by atoms with Crippen molar-refractivity contribution in [2.24, 2.45) is 0 Å². The van der Waals surface area contributed by atoms with Gasteiger partial charge in [0, 0.05) is 19.1 Å². The van der Waals surface area contributed by atoms with E-state index in [0.717, 1.165) is 0 Å². The van der Waals surface area contributed by atoms with E-state index in [1.54, 1.807) is 4.90 Å². The molecular formula is C10H20N2O4. The number of hydrogen-bond acceptors (Lipinski definition) is 3. The van der Waals surface area contributed by atoms with Crippen molar-refractivity contribution < 1.29 is 19.4 Å². The van der Waals surface area contributed by atoms with Crippen LogP contribution in [0.25, 0.3) is 0 Å². The quantitative estimate of drug-likeness (QED) is 0.627. The SMILES string of the molecule is CCN(C(=O)NCCOCC(=O)O)C(C)C. The monoisotopic (exact) mass is 232 g/mol. The van der Waals surface area contributed by atoms with E-state index >= 15 is 0 Å². The second-order valence-electron chi connectivity index (χ2n) is 3.56. The third-order valence-corrected chi connectivity index (χ3v) is 1.97. The van der Waals surface area contributed by atoms with Gasteiger partial charge in [-0.3, -0.25) is 0 Å². The maximum atomic E-state index is 11.6. The largest absolute Gasteiger partial charge is 0.480 e. The second kappa shape index (κ2) is 7.92. The first-order chi connectivity index (χ1) is 7.49. The summed E-state index contributed by atoms with van der Waals surface area (Å²) in [7, 11) is 0. The highest BCUT2D eigenvalue weighted by atomic mass is 16.5. The Morgan fingerprint density at radius 2 is 2.06 bits per heavy atom. The molecule has 0 unspecified atom stereocenters. The normalized spacial score (nSPS) is 10.2. The van der Waals surface area contributed by atoms with Crippen LogP contribution >= 0.6 is 0 Å². The number of ether oxygens (including phenoxy) is 1. The fraction of sp³-hybridized carbons (Fsp3) is 0.800. The minimum Gasteiger partial charge on any atom is -0.480 e. The lowest BCUT2D eigenvalue weighted by Gasteiger charge is -2.25. The topological polar surface area (TPSA) is 78.9 Å². The van der Waals surface area contributed by atoms with Crippen molar-refractivity contribution in [2.45, 2.75) is 26.8 Å². The molecular weight excluding hydrogens is 212 g/mol. The van der Waals surface area contributed by atoms with Gasteiger partial charge in [0.25, 0.3) is 0 Å². The number of hydrogen-bond donors (Lipinski definition) is 2. The first-order valence-corrected chi connectivity index (χ1v) is 5.33. The molecule has 0 saturated heterocycles. The van der Waals surface area contributed by atoms with E-state index < -0.39 is 5.97 Å². The van der Waals surface area contributed by atoms with E-state index in [9.17, 15) is 9.59 Å². The van der Waals surface area contributed by atoms with Gasteiger partial charge in [0.1, 0.15) is 6.61 Å². The molecule has 0 rings (SSSR count). The van der Waals surface area contributed by atoms with Gasteiger partial charge in [-0.15, -0.1) is 0 Å². The summed E-state index contributed by atoms with van der Waals surface area (Å²) < 4.78 is 4.79. The van der Waals surface area contributed by atoms with Gasteiger partial charge in [-0.05, 0) is 20.8 Å². The van der Waals surface area contributed by atoms with Crippen LogP contribution in [0.3, 0.4) is 0 Å². The summed E-state index contributed by atoms with van der Waals surface area (Å²) in [5.41, 5.74) is 0. The number of carbonyl (C=O) groups excluding carboxylic acids is 1. The van der Waals surface area contributed by atoms with Crippen molar-refractivity contribution in [3.63, 3.8) is 0 Å². The summed E-state index contributed by atoms with van der Waals surface area (Å²) in [6.07, 6.45) is 0. The van der Waals surface area contributed by atoms with Gasteiger partial charge < -0.3 is 20.1 Å². The number of nitrogens with zero attached hydrogens (tertiary/aromatic N) is 1. The van der Waals surface area contributed by atoms with Gasteiger partial charge in [0.15, 0.2) is 0 Å². The van der Waals surface area contributed by atoms with Gasteiger partial charge in [0.05, 0.1) is 6.61 Å². The van der Waals surface area contributed by atoms with E-state index in [-0.39, 0.29) is 25.3 Å². The molecule has 0 radical (unpaired) electrons. The molecule has 16 heavy (non-hydrogen) atoms. The Bertz CT molecular complexity index is 231. The number of nitrogens with one attached hydrogen (secondary N) is 1. The van der Waals surface area contributed by atoms with Crippen molar-refractivity contribution in [3.8, 4) is 0 Å². The van der Waals surface area contributed by atoms with Crippen LogP contribution in [0.2, 0.25) is 0 Å². The van der Waals surface area contributed by atoms with E-state index in [1.165, 1.54) is 0 Å². The third kappa shape index (κ3) is 6.23. The van der Waals surface area contributed by atoms with Crippen molar-refractivity contribution >= 4 is 12.0 Å². The third-order valence-electron chi connectivity index (χ3n) is 1.97. The summed E-state index contributed by atoms with van der Waals surface area (Å²) in [5, 5.41) is 11.0. The number of urea groups is 1. The molecule has 0 aliphatic rings. The molecule has 6 nitrogen and oxygen atoms in total. The lowest BCUT2D eigenvalue weighted by atomic mass is 10.3. The summed E-state index contributed by atoms with van der Waals surface area (Å²) in [6.45, 7) is 6.59. The van der Waals surface area contributed by atoms with Gasteiger partial charge in [-0.1, -0.05) is 0 Å². The summed E-state index contributed by atoms with van der Waals surface area (Å²) in [4.78, 5) is 23.4. The number of rotatable bonds is 7. The van der Waals surface area contributed by atoms with Crippen LogP contribution in [0.5, 0.6) is 0 Å². The van der Waals surface area contributed by atoms with Crippen molar-refractivity contribution in [3.05, 3.63) is 0 Å². The maximum absolute atomic E-state index is 11.6. The van der Waals surface area contributed by atoms with Crippen LogP contribution in [-0.4, -0.2) is 54.4 Å². The van der Waals surface area contributed by atoms with E-state index in [4.69, 9.17) is 9.84 Å². The van der Waals surface area contributed by atoms with Crippen molar-refractivity contribution in [2.75, 3.05) is 26.3 Å². The number of aliphatic carboxylic acids is 1. The fourth-order valence-corrected chi connectivity index (χ4v) is 1.23. The zero-order valence-corrected chi connectivity index (χ0v) is 10.0. The van der Waals surface area contributed by atoms with Crippen LogP contribution in [-0.2, 0) is 9.53 Å².